The summed E-state index contributed by atoms with van der Waals surface area (Å²) >= 11 is 0. The van der Waals surface area contributed by atoms with Gasteiger partial charge in [-0.15, -0.1) is 0 Å². The number of hydrogen-bond donors (Lipinski definition) is 0. The second-order valence-corrected chi connectivity index (χ2v) is 4.80. The zero-order chi connectivity index (χ0) is 14.1. The average molecular weight is 263 g/mol. The Morgan fingerprint density at radius 3 is 2.85 bits per heavy atom. The average Bonchev–Trinajstić information content (AvgIpc) is 2.84. The van der Waals surface area contributed by atoms with Gasteiger partial charge in [0.25, 0.3) is 0 Å². The van der Waals surface area contributed by atoms with E-state index in [-0.39, 0.29) is 0 Å². The molecule has 1 aromatic carbocycles. The third kappa shape index (κ3) is 2.13. The normalized spacial score (nSPS) is 10.5. The van der Waals surface area contributed by atoms with Gasteiger partial charge in [-0.25, -0.2) is 9.78 Å². The second kappa shape index (κ2) is 4.76. The molecule has 0 saturated carbocycles. The van der Waals surface area contributed by atoms with Crippen molar-refractivity contribution in [3.05, 3.63) is 53.9 Å². The largest absolute Gasteiger partial charge is 0.306 e. The minimum absolute atomic E-state index is 0.630. The maximum atomic E-state index is 10.4. The molecule has 20 heavy (non-hydrogen) atoms. The van der Waals surface area contributed by atoms with Gasteiger partial charge in [0.05, 0.1) is 11.4 Å². The second-order valence-electron chi connectivity index (χ2n) is 4.80. The van der Waals surface area contributed by atoms with Crippen molar-refractivity contribution in [3.8, 4) is 11.3 Å². The monoisotopic (exact) mass is 263 g/mol. The van der Waals surface area contributed by atoms with Crippen LogP contribution < -0.4 is 0 Å². The fourth-order valence-electron chi connectivity index (χ4n) is 2.16. The van der Waals surface area contributed by atoms with E-state index >= 15 is 0 Å². The number of fused-ring (bicyclic) bond motifs is 1. The first-order valence-corrected chi connectivity index (χ1v) is 6.31. The van der Waals surface area contributed by atoms with Gasteiger partial charge in [0.2, 0.25) is 6.08 Å². The number of aromatic nitrogens is 2. The molecule has 98 valence electrons. The Kier molecular flexibility index (Phi) is 2.93. The quantitative estimate of drug-likeness (QED) is 0.524. The van der Waals surface area contributed by atoms with E-state index in [4.69, 9.17) is 0 Å². The van der Waals surface area contributed by atoms with Crippen LogP contribution >= 0.6 is 0 Å². The first kappa shape index (κ1) is 12.3. The van der Waals surface area contributed by atoms with Crippen molar-refractivity contribution in [2.75, 3.05) is 0 Å². The molecule has 0 aliphatic carbocycles. The number of carbonyl (C=O) groups excluding carboxylic acids is 1. The molecule has 0 bridgehead atoms. The number of rotatable bonds is 2. The van der Waals surface area contributed by atoms with Gasteiger partial charge in [-0.2, -0.15) is 4.99 Å². The fourth-order valence-corrected chi connectivity index (χ4v) is 2.16. The number of aliphatic imine (C=N–C) groups is 1. The van der Waals surface area contributed by atoms with Crippen LogP contribution in [0.5, 0.6) is 0 Å². The Labute approximate surface area is 116 Å². The van der Waals surface area contributed by atoms with Crippen molar-refractivity contribution >= 4 is 17.4 Å². The molecule has 3 aromatic rings. The third-order valence-electron chi connectivity index (χ3n) is 3.29. The van der Waals surface area contributed by atoms with E-state index in [0.717, 1.165) is 22.5 Å². The van der Waals surface area contributed by atoms with E-state index in [1.165, 1.54) is 5.56 Å². The van der Waals surface area contributed by atoms with Crippen molar-refractivity contribution in [3.63, 3.8) is 0 Å². The molecule has 0 spiro atoms. The molecule has 0 amide bonds. The highest BCUT2D eigenvalue weighted by atomic mass is 16.1. The molecular formula is C16H13N3O. The summed E-state index contributed by atoms with van der Waals surface area (Å²) in [7, 11) is 0. The van der Waals surface area contributed by atoms with E-state index in [1.54, 1.807) is 6.08 Å². The summed E-state index contributed by atoms with van der Waals surface area (Å²) < 4.78 is 1.98. The van der Waals surface area contributed by atoms with Crippen LogP contribution in [0, 0.1) is 13.8 Å². The molecule has 3 rings (SSSR count). The summed E-state index contributed by atoms with van der Waals surface area (Å²) in [5.41, 5.74) is 5.44. The molecule has 0 saturated heterocycles. The summed E-state index contributed by atoms with van der Waals surface area (Å²) in [5, 5.41) is 0. The van der Waals surface area contributed by atoms with Crippen molar-refractivity contribution in [1.82, 2.24) is 9.38 Å². The molecule has 0 unspecified atom stereocenters. The van der Waals surface area contributed by atoms with E-state index in [0.29, 0.717) is 5.69 Å². The SMILES string of the molecule is Cc1ccn2cc(-c3ccc(C)c(N=C=O)c3)nc2c1. The molecule has 4 nitrogen and oxygen atoms in total. The lowest BCUT2D eigenvalue weighted by Crippen LogP contribution is -1.81. The maximum absolute atomic E-state index is 10.4. The predicted molar refractivity (Wildman–Crippen MR) is 77.9 cm³/mol. The summed E-state index contributed by atoms with van der Waals surface area (Å²) in [6.07, 6.45) is 5.54. The smallest absolute Gasteiger partial charge is 0.240 e. The number of benzene rings is 1. The predicted octanol–water partition coefficient (Wildman–Crippen LogP) is 3.59. The first-order chi connectivity index (χ1) is 9.67. The number of nitrogens with zero attached hydrogens (tertiary/aromatic N) is 3. The van der Waals surface area contributed by atoms with Crippen LogP contribution in [0.4, 0.5) is 5.69 Å². The molecule has 0 radical (unpaired) electrons. The van der Waals surface area contributed by atoms with Crippen LogP contribution in [0.25, 0.3) is 16.9 Å². The number of pyridine rings is 1. The van der Waals surface area contributed by atoms with Gasteiger partial charge in [0.15, 0.2) is 0 Å². The van der Waals surface area contributed by atoms with Crippen molar-refractivity contribution < 1.29 is 4.79 Å². The zero-order valence-electron chi connectivity index (χ0n) is 11.3. The summed E-state index contributed by atoms with van der Waals surface area (Å²) in [5.74, 6) is 0. The Balaban J connectivity index is 2.15. The number of isocyanates is 1. The van der Waals surface area contributed by atoms with E-state index in [2.05, 4.69) is 9.98 Å². The van der Waals surface area contributed by atoms with Crippen LogP contribution in [0.2, 0.25) is 0 Å². The van der Waals surface area contributed by atoms with Gasteiger partial charge < -0.3 is 4.40 Å². The number of hydrogen-bond acceptors (Lipinski definition) is 3. The van der Waals surface area contributed by atoms with Gasteiger partial charge in [-0.05, 0) is 43.2 Å². The molecule has 0 aliphatic rings. The van der Waals surface area contributed by atoms with Crippen LogP contribution in [0.1, 0.15) is 11.1 Å². The van der Waals surface area contributed by atoms with E-state index in [1.807, 2.05) is 61.0 Å². The lowest BCUT2D eigenvalue weighted by atomic mass is 10.1. The van der Waals surface area contributed by atoms with E-state index in [9.17, 15) is 4.79 Å². The molecule has 2 aromatic heterocycles. The van der Waals surface area contributed by atoms with Gasteiger partial charge in [-0.1, -0.05) is 12.1 Å². The zero-order valence-corrected chi connectivity index (χ0v) is 11.3. The van der Waals surface area contributed by atoms with Crippen LogP contribution in [0.3, 0.4) is 0 Å². The standard InChI is InChI=1S/C16H13N3O/c1-11-5-6-19-9-15(18-16(19)7-11)13-4-3-12(2)14(8-13)17-10-20/h3-9H,1-2H3. The molecule has 0 aliphatic heterocycles. The van der Waals surface area contributed by atoms with Crippen LogP contribution in [-0.2, 0) is 4.79 Å². The highest BCUT2D eigenvalue weighted by Gasteiger charge is 2.06. The summed E-state index contributed by atoms with van der Waals surface area (Å²) in [4.78, 5) is 18.8. The van der Waals surface area contributed by atoms with Crippen molar-refractivity contribution in [2.45, 2.75) is 13.8 Å². The maximum Gasteiger partial charge on any atom is 0.240 e. The lowest BCUT2D eigenvalue weighted by Gasteiger charge is -2.01. The van der Waals surface area contributed by atoms with Gasteiger partial charge in [0.1, 0.15) is 5.65 Å². The number of imidazole rings is 1. The topological polar surface area (TPSA) is 46.7 Å². The first-order valence-electron chi connectivity index (χ1n) is 6.31. The molecule has 2 heterocycles. The Hall–Kier alpha value is -2.71. The highest BCUT2D eigenvalue weighted by Crippen LogP contribution is 2.26. The molecule has 0 N–H and O–H groups in total. The molecule has 0 fully saturated rings. The summed E-state index contributed by atoms with van der Waals surface area (Å²) in [6.45, 7) is 3.95. The summed E-state index contributed by atoms with van der Waals surface area (Å²) in [6, 6.07) is 9.83. The highest BCUT2D eigenvalue weighted by molar-refractivity contribution is 5.69. The third-order valence-corrected chi connectivity index (χ3v) is 3.29. The fraction of sp³-hybridized carbons (Fsp3) is 0.125. The lowest BCUT2D eigenvalue weighted by molar-refractivity contribution is 0.565. The van der Waals surface area contributed by atoms with Gasteiger partial charge in [-0.3, -0.25) is 0 Å². The Bertz CT molecular complexity index is 842. The molecular weight excluding hydrogens is 250 g/mol. The minimum atomic E-state index is 0.630. The van der Waals surface area contributed by atoms with Crippen LogP contribution in [-0.4, -0.2) is 15.5 Å². The number of aryl methyl sites for hydroxylation is 2. The van der Waals surface area contributed by atoms with Crippen molar-refractivity contribution in [2.24, 2.45) is 4.99 Å². The molecule has 4 heteroatoms. The molecule has 0 atom stereocenters. The Morgan fingerprint density at radius 2 is 2.05 bits per heavy atom. The Morgan fingerprint density at radius 1 is 1.20 bits per heavy atom. The minimum Gasteiger partial charge on any atom is -0.306 e. The van der Waals surface area contributed by atoms with Crippen molar-refractivity contribution in [1.29, 1.82) is 0 Å². The van der Waals surface area contributed by atoms with E-state index < -0.39 is 0 Å². The van der Waals surface area contributed by atoms with Gasteiger partial charge >= 0.3 is 0 Å². The van der Waals surface area contributed by atoms with Crippen LogP contribution in [0.15, 0.2) is 47.7 Å². The van der Waals surface area contributed by atoms with Gasteiger partial charge in [0, 0.05) is 18.0 Å².